The average Bonchev–Trinajstić information content (AvgIpc) is 2.35. The van der Waals surface area contributed by atoms with Gasteiger partial charge in [0.1, 0.15) is 6.61 Å². The monoisotopic (exact) mass is 340 g/mol. The lowest BCUT2D eigenvalue weighted by Gasteiger charge is -2.18. The zero-order valence-electron chi connectivity index (χ0n) is 12.6. The van der Waals surface area contributed by atoms with Gasteiger partial charge in [0.05, 0.1) is 12.8 Å². The molecule has 0 aromatic rings. The van der Waals surface area contributed by atoms with Gasteiger partial charge in [0.25, 0.3) is 0 Å². The lowest BCUT2D eigenvalue weighted by molar-refractivity contribution is -0.170. The van der Waals surface area contributed by atoms with E-state index >= 15 is 0 Å². The first-order valence-corrected chi connectivity index (χ1v) is 6.29. The van der Waals surface area contributed by atoms with Crippen LogP contribution in [0, 0.1) is 0 Å². The van der Waals surface area contributed by atoms with Crippen LogP contribution in [0.5, 0.6) is 0 Å². The molecular formula is C12H20O11. The molecule has 0 aliphatic carbocycles. The van der Waals surface area contributed by atoms with Crippen LogP contribution in [0.3, 0.4) is 0 Å². The van der Waals surface area contributed by atoms with Crippen molar-refractivity contribution in [2.45, 2.75) is 38.6 Å². The maximum atomic E-state index is 10.3. The van der Waals surface area contributed by atoms with E-state index in [2.05, 4.69) is 0 Å². The van der Waals surface area contributed by atoms with Gasteiger partial charge in [0.2, 0.25) is 0 Å². The molecule has 0 amide bonds. The van der Waals surface area contributed by atoms with Crippen LogP contribution < -0.4 is 0 Å². The fourth-order valence-electron chi connectivity index (χ4n) is 1.19. The Morgan fingerprint density at radius 1 is 0.913 bits per heavy atom. The third kappa shape index (κ3) is 13.2. The van der Waals surface area contributed by atoms with Gasteiger partial charge < -0.3 is 35.0 Å². The van der Waals surface area contributed by atoms with E-state index in [1.807, 2.05) is 6.92 Å². The van der Waals surface area contributed by atoms with Crippen molar-refractivity contribution < 1.29 is 54.2 Å². The van der Waals surface area contributed by atoms with E-state index in [0.29, 0.717) is 6.61 Å². The molecular weight excluding hydrogens is 320 g/mol. The molecule has 0 aromatic carbocycles. The summed E-state index contributed by atoms with van der Waals surface area (Å²) in [6.45, 7) is 3.70. The summed E-state index contributed by atoms with van der Waals surface area (Å²) in [7, 11) is 0. The molecule has 0 radical (unpaired) electrons. The fourth-order valence-corrected chi connectivity index (χ4v) is 1.19. The molecule has 0 saturated carbocycles. The smallest absolute Gasteiger partial charge is 0.336 e. The number of carboxylic acids is 4. The Bertz CT molecular complexity index is 401. The Balaban J connectivity index is 0. The van der Waals surface area contributed by atoms with Crippen LogP contribution in [0.25, 0.3) is 0 Å². The van der Waals surface area contributed by atoms with Crippen LogP contribution in [0.4, 0.5) is 0 Å². The zero-order chi connectivity index (χ0) is 18.6. The molecule has 5 N–H and O–H groups in total. The lowest BCUT2D eigenvalue weighted by atomic mass is 9.96. The van der Waals surface area contributed by atoms with E-state index in [9.17, 15) is 19.2 Å². The highest BCUT2D eigenvalue weighted by atomic mass is 16.7. The zero-order valence-corrected chi connectivity index (χ0v) is 12.6. The lowest BCUT2D eigenvalue weighted by Crippen LogP contribution is -2.42. The number of carboxylic acid groups (broad SMARTS) is 4. The van der Waals surface area contributed by atoms with Gasteiger partial charge in [0, 0.05) is 6.61 Å². The van der Waals surface area contributed by atoms with Crippen LogP contribution in [-0.4, -0.2) is 74.5 Å². The topological polar surface area (TPSA) is 188 Å². The predicted molar refractivity (Wildman–Crippen MR) is 71.8 cm³/mol. The molecule has 1 unspecified atom stereocenters. The third-order valence-corrected chi connectivity index (χ3v) is 2.13. The average molecular weight is 340 g/mol. The molecule has 0 saturated heterocycles. The second-order valence-corrected chi connectivity index (χ2v) is 4.21. The van der Waals surface area contributed by atoms with E-state index in [0.717, 1.165) is 0 Å². The summed E-state index contributed by atoms with van der Waals surface area (Å²) >= 11 is 0. The minimum absolute atomic E-state index is 0.304. The van der Waals surface area contributed by atoms with Gasteiger partial charge in [0.15, 0.2) is 11.9 Å². The van der Waals surface area contributed by atoms with Gasteiger partial charge in [-0.15, -0.1) is 0 Å². The van der Waals surface area contributed by atoms with Crippen molar-refractivity contribution in [1.82, 2.24) is 0 Å². The van der Waals surface area contributed by atoms with Gasteiger partial charge in [-0.2, -0.15) is 0 Å². The summed E-state index contributed by atoms with van der Waals surface area (Å²) in [6, 6.07) is 0. The number of ether oxygens (including phenoxy) is 2. The number of aliphatic carboxylic acids is 4. The molecule has 0 heterocycles. The molecule has 0 fully saturated rings. The standard InChI is InChI=1S/C6H8O7.C6H12O4/c7-3(8)1-6(13,5(11)12)2-4(9)10;1-3-9-5(2)10-4-6(7)8/h13H,1-2H2,(H,7,8)(H,9,10)(H,11,12);5H,3-4H2,1-2H3,(H,7,8). The minimum atomic E-state index is -2.74. The normalized spacial score (nSPS) is 11.8. The Labute approximate surface area is 131 Å². The van der Waals surface area contributed by atoms with Crippen molar-refractivity contribution in [3.05, 3.63) is 0 Å². The highest BCUT2D eigenvalue weighted by molar-refractivity contribution is 5.88. The first-order valence-electron chi connectivity index (χ1n) is 6.29. The number of hydrogen-bond acceptors (Lipinski definition) is 7. The number of carbonyl (C=O) groups is 4. The SMILES string of the molecule is CCOC(C)OCC(=O)O.O=C(O)CC(O)(CC(=O)O)C(=O)O. The summed E-state index contributed by atoms with van der Waals surface area (Å²) < 4.78 is 9.63. The minimum Gasteiger partial charge on any atom is -0.481 e. The van der Waals surface area contributed by atoms with Crippen molar-refractivity contribution in [3.63, 3.8) is 0 Å². The summed E-state index contributed by atoms with van der Waals surface area (Å²) in [5, 5.41) is 42.0. The third-order valence-electron chi connectivity index (χ3n) is 2.13. The second kappa shape index (κ2) is 11.3. The molecule has 23 heavy (non-hydrogen) atoms. The molecule has 0 spiro atoms. The van der Waals surface area contributed by atoms with Gasteiger partial charge in [-0.3, -0.25) is 9.59 Å². The number of aliphatic hydroxyl groups is 1. The van der Waals surface area contributed by atoms with Crippen molar-refractivity contribution in [2.75, 3.05) is 13.2 Å². The molecule has 11 nitrogen and oxygen atoms in total. The molecule has 0 aromatic heterocycles. The van der Waals surface area contributed by atoms with E-state index in [1.165, 1.54) is 0 Å². The molecule has 0 aliphatic rings. The van der Waals surface area contributed by atoms with Crippen LogP contribution in [0.15, 0.2) is 0 Å². The molecule has 1 atom stereocenters. The predicted octanol–water partition coefficient (Wildman–Crippen LogP) is -0.778. The van der Waals surface area contributed by atoms with Crippen LogP contribution in [0.1, 0.15) is 26.7 Å². The van der Waals surface area contributed by atoms with E-state index in [4.69, 9.17) is 35.0 Å². The largest absolute Gasteiger partial charge is 0.481 e. The van der Waals surface area contributed by atoms with Crippen molar-refractivity contribution >= 4 is 23.9 Å². The maximum absolute atomic E-state index is 10.3. The van der Waals surface area contributed by atoms with Gasteiger partial charge in [-0.25, -0.2) is 9.59 Å². The van der Waals surface area contributed by atoms with Crippen LogP contribution >= 0.6 is 0 Å². The number of rotatable bonds is 10. The molecule has 11 heteroatoms. The van der Waals surface area contributed by atoms with Gasteiger partial charge in [-0.1, -0.05) is 0 Å². The molecule has 0 rings (SSSR count). The highest BCUT2D eigenvalue weighted by Crippen LogP contribution is 2.15. The van der Waals surface area contributed by atoms with E-state index in [-0.39, 0.29) is 6.61 Å². The first-order chi connectivity index (χ1) is 10.4. The number of hydrogen-bond donors (Lipinski definition) is 5. The fraction of sp³-hybridized carbons (Fsp3) is 0.667. The van der Waals surface area contributed by atoms with E-state index in [1.54, 1.807) is 6.92 Å². The highest BCUT2D eigenvalue weighted by Gasteiger charge is 2.40. The molecule has 0 bridgehead atoms. The van der Waals surface area contributed by atoms with Gasteiger partial charge >= 0.3 is 23.9 Å². The summed E-state index contributed by atoms with van der Waals surface area (Å²) in [4.78, 5) is 40.4. The van der Waals surface area contributed by atoms with Crippen molar-refractivity contribution in [2.24, 2.45) is 0 Å². The molecule has 134 valence electrons. The van der Waals surface area contributed by atoms with Crippen molar-refractivity contribution in [1.29, 1.82) is 0 Å². The summed E-state index contributed by atoms with van der Waals surface area (Å²) in [5.74, 6) is -6.00. The van der Waals surface area contributed by atoms with Crippen LogP contribution in [0.2, 0.25) is 0 Å². The second-order valence-electron chi connectivity index (χ2n) is 4.21. The quantitative estimate of drug-likeness (QED) is 0.314. The summed E-state index contributed by atoms with van der Waals surface area (Å²) in [5.41, 5.74) is -2.74. The van der Waals surface area contributed by atoms with E-state index < -0.39 is 48.6 Å². The van der Waals surface area contributed by atoms with Crippen molar-refractivity contribution in [3.8, 4) is 0 Å². The Hall–Kier alpha value is -2.24. The Kier molecular flexibility index (Phi) is 11.4. The summed E-state index contributed by atoms with van der Waals surface area (Å²) in [6.07, 6.45) is -2.72. The van der Waals surface area contributed by atoms with Crippen LogP contribution in [-0.2, 0) is 28.7 Å². The first kappa shape index (κ1) is 23.0. The van der Waals surface area contributed by atoms with Gasteiger partial charge in [-0.05, 0) is 13.8 Å². The molecule has 0 aliphatic heterocycles. The maximum Gasteiger partial charge on any atom is 0.336 e. The Morgan fingerprint density at radius 3 is 1.61 bits per heavy atom. The Morgan fingerprint density at radius 2 is 1.35 bits per heavy atom.